The molecule has 25 heavy (non-hydrogen) atoms. The number of methoxy groups -OCH3 is 1. The predicted molar refractivity (Wildman–Crippen MR) is 100.0 cm³/mol. The number of benzene rings is 1. The minimum atomic E-state index is -0.514. The van der Waals surface area contributed by atoms with Crippen molar-refractivity contribution < 1.29 is 14.3 Å². The number of ether oxygens (including phenoxy) is 1. The van der Waals surface area contributed by atoms with E-state index in [1.165, 1.54) is 24.5 Å². The second-order valence-corrected chi connectivity index (χ2v) is 7.76. The van der Waals surface area contributed by atoms with Gasteiger partial charge in [0.15, 0.2) is 0 Å². The molecule has 1 unspecified atom stereocenters. The number of carbonyl (C=O) groups excluding carboxylic acids is 2. The van der Waals surface area contributed by atoms with E-state index in [1.54, 1.807) is 12.1 Å². The summed E-state index contributed by atoms with van der Waals surface area (Å²) in [5, 5.41) is 3.75. The van der Waals surface area contributed by atoms with Crippen molar-refractivity contribution in [2.24, 2.45) is 11.7 Å². The summed E-state index contributed by atoms with van der Waals surface area (Å²) in [6, 6.07) is 4.82. The van der Waals surface area contributed by atoms with E-state index in [2.05, 4.69) is 12.2 Å². The van der Waals surface area contributed by atoms with Crippen LogP contribution in [-0.2, 0) is 12.8 Å². The van der Waals surface area contributed by atoms with Gasteiger partial charge in [0.2, 0.25) is 0 Å². The van der Waals surface area contributed by atoms with Gasteiger partial charge in [0.1, 0.15) is 10.8 Å². The highest BCUT2D eigenvalue weighted by atomic mass is 35.5. The summed E-state index contributed by atoms with van der Waals surface area (Å²) < 4.78 is 5.22. The number of rotatable bonds is 4. The normalized spacial score (nSPS) is 16.2. The van der Waals surface area contributed by atoms with Crippen LogP contribution in [0.25, 0.3) is 0 Å². The van der Waals surface area contributed by atoms with Crippen LogP contribution in [0.5, 0.6) is 5.75 Å². The summed E-state index contributed by atoms with van der Waals surface area (Å²) in [6.07, 6.45) is 2.72. The summed E-state index contributed by atoms with van der Waals surface area (Å²) in [5.41, 5.74) is 7.30. The molecule has 1 heterocycles. The maximum atomic E-state index is 12.7. The fraction of sp³-hybridized carbons (Fsp3) is 0.333. The molecule has 0 radical (unpaired) electrons. The van der Waals surface area contributed by atoms with Crippen LogP contribution in [-0.4, -0.2) is 18.9 Å². The zero-order valence-corrected chi connectivity index (χ0v) is 15.6. The quantitative estimate of drug-likeness (QED) is 0.846. The molecule has 3 rings (SSSR count). The molecule has 2 amide bonds. The Kier molecular flexibility index (Phi) is 5.01. The van der Waals surface area contributed by atoms with Gasteiger partial charge >= 0.3 is 0 Å². The van der Waals surface area contributed by atoms with E-state index in [9.17, 15) is 9.59 Å². The van der Waals surface area contributed by atoms with Crippen LogP contribution < -0.4 is 15.8 Å². The smallest absolute Gasteiger partial charge is 0.260 e. The van der Waals surface area contributed by atoms with Crippen LogP contribution in [0.3, 0.4) is 0 Å². The summed E-state index contributed by atoms with van der Waals surface area (Å²) in [4.78, 5) is 25.8. The molecule has 0 saturated carbocycles. The van der Waals surface area contributed by atoms with E-state index in [-0.39, 0.29) is 5.91 Å². The number of nitrogens with two attached hydrogens (primary N) is 1. The molecule has 0 fully saturated rings. The first-order valence-electron chi connectivity index (χ1n) is 8.00. The molecule has 2 aromatic rings. The number of nitrogens with one attached hydrogen (secondary N) is 1. The highest BCUT2D eigenvalue weighted by molar-refractivity contribution is 7.17. The lowest BCUT2D eigenvalue weighted by atomic mass is 9.88. The molecule has 0 bridgehead atoms. The number of hydrogen-bond acceptors (Lipinski definition) is 4. The Hall–Kier alpha value is -2.05. The van der Waals surface area contributed by atoms with E-state index in [0.29, 0.717) is 32.8 Å². The lowest BCUT2D eigenvalue weighted by Crippen LogP contribution is -2.19. The van der Waals surface area contributed by atoms with Gasteiger partial charge in [-0.15, -0.1) is 11.3 Å². The van der Waals surface area contributed by atoms with Gasteiger partial charge in [0.25, 0.3) is 11.8 Å². The van der Waals surface area contributed by atoms with Crippen molar-refractivity contribution in [1.29, 1.82) is 0 Å². The van der Waals surface area contributed by atoms with Gasteiger partial charge in [0, 0.05) is 9.90 Å². The number of fused-ring (bicyclic) bond motifs is 1. The summed E-state index contributed by atoms with van der Waals surface area (Å²) in [7, 11) is 1.49. The molecule has 0 saturated heterocycles. The summed E-state index contributed by atoms with van der Waals surface area (Å²) in [6.45, 7) is 2.18. The van der Waals surface area contributed by atoms with Crippen LogP contribution in [0.4, 0.5) is 5.00 Å². The summed E-state index contributed by atoms with van der Waals surface area (Å²) >= 11 is 7.42. The van der Waals surface area contributed by atoms with Crippen molar-refractivity contribution in [2.45, 2.75) is 26.2 Å². The number of amides is 2. The molecule has 5 nitrogen and oxygen atoms in total. The second-order valence-electron chi connectivity index (χ2n) is 6.22. The van der Waals surface area contributed by atoms with Gasteiger partial charge in [-0.1, -0.05) is 18.5 Å². The number of anilines is 1. The van der Waals surface area contributed by atoms with Crippen molar-refractivity contribution >= 4 is 39.8 Å². The maximum absolute atomic E-state index is 12.7. The average Bonchev–Trinajstić information content (AvgIpc) is 2.91. The number of carbonyl (C=O) groups is 2. The van der Waals surface area contributed by atoms with Gasteiger partial charge in [-0.25, -0.2) is 0 Å². The lowest BCUT2D eigenvalue weighted by Gasteiger charge is -2.18. The Morgan fingerprint density at radius 2 is 2.16 bits per heavy atom. The molecule has 3 N–H and O–H groups in total. The molecule has 0 aliphatic heterocycles. The first-order valence-corrected chi connectivity index (χ1v) is 9.19. The molecule has 0 spiro atoms. The Labute approximate surface area is 155 Å². The van der Waals surface area contributed by atoms with Crippen molar-refractivity contribution in [2.75, 3.05) is 12.4 Å². The summed E-state index contributed by atoms with van der Waals surface area (Å²) in [5.74, 6) is 0.0785. The van der Waals surface area contributed by atoms with Gasteiger partial charge < -0.3 is 15.8 Å². The SMILES string of the molecule is COc1ccc(Cl)cc1C(=O)Nc1sc2c(c1C(N)=O)CCC(C)C2. The standard InChI is InChI=1S/C18H19ClN2O3S/c1-9-3-5-11-14(7-9)25-18(15(11)16(20)22)21-17(23)12-8-10(19)4-6-13(12)24-2/h4,6,8-9H,3,5,7H2,1-2H3,(H2,20,22)(H,21,23). The molecular weight excluding hydrogens is 360 g/mol. The maximum Gasteiger partial charge on any atom is 0.260 e. The first kappa shape index (κ1) is 17.8. The Morgan fingerprint density at radius 3 is 2.84 bits per heavy atom. The lowest BCUT2D eigenvalue weighted by molar-refractivity contribution is 0.1000. The third-order valence-electron chi connectivity index (χ3n) is 4.39. The van der Waals surface area contributed by atoms with Gasteiger partial charge in [-0.3, -0.25) is 9.59 Å². The molecule has 132 valence electrons. The highest BCUT2D eigenvalue weighted by Crippen LogP contribution is 2.39. The van der Waals surface area contributed by atoms with Crippen molar-refractivity contribution in [1.82, 2.24) is 0 Å². The monoisotopic (exact) mass is 378 g/mol. The first-order chi connectivity index (χ1) is 11.9. The number of halogens is 1. The predicted octanol–water partition coefficient (Wildman–Crippen LogP) is 3.89. The third kappa shape index (κ3) is 3.50. The Balaban J connectivity index is 1.97. The zero-order valence-electron chi connectivity index (χ0n) is 14.0. The minimum absolute atomic E-state index is 0.310. The largest absolute Gasteiger partial charge is 0.496 e. The van der Waals surface area contributed by atoms with Crippen LogP contribution in [0.15, 0.2) is 18.2 Å². The fourth-order valence-corrected chi connectivity index (χ4v) is 4.71. The molecule has 1 aliphatic rings. The van der Waals surface area contributed by atoms with Crippen molar-refractivity contribution in [3.63, 3.8) is 0 Å². The minimum Gasteiger partial charge on any atom is -0.496 e. The van der Waals surface area contributed by atoms with Gasteiger partial charge in [-0.2, -0.15) is 0 Å². The molecule has 1 atom stereocenters. The Morgan fingerprint density at radius 1 is 1.40 bits per heavy atom. The molecule has 1 aromatic carbocycles. The fourth-order valence-electron chi connectivity index (χ4n) is 3.13. The van der Waals surface area contributed by atoms with Crippen LogP contribution in [0, 0.1) is 5.92 Å². The van der Waals surface area contributed by atoms with E-state index in [1.807, 2.05) is 0 Å². The van der Waals surface area contributed by atoms with E-state index >= 15 is 0 Å². The van der Waals surface area contributed by atoms with Crippen molar-refractivity contribution in [3.8, 4) is 5.75 Å². The Bertz CT molecular complexity index is 847. The number of primary amides is 1. The number of hydrogen-bond donors (Lipinski definition) is 2. The molecule has 7 heteroatoms. The van der Waals surface area contributed by atoms with E-state index in [4.69, 9.17) is 22.1 Å². The van der Waals surface area contributed by atoms with Gasteiger partial charge in [-0.05, 0) is 48.9 Å². The molecule has 1 aromatic heterocycles. The van der Waals surface area contributed by atoms with E-state index in [0.717, 1.165) is 29.7 Å². The second kappa shape index (κ2) is 7.06. The zero-order chi connectivity index (χ0) is 18.1. The van der Waals surface area contributed by atoms with Crippen molar-refractivity contribution in [3.05, 3.63) is 44.8 Å². The van der Waals surface area contributed by atoms with E-state index < -0.39 is 5.91 Å². The molecule has 1 aliphatic carbocycles. The van der Waals surface area contributed by atoms with Crippen LogP contribution in [0.1, 0.15) is 44.5 Å². The van der Waals surface area contributed by atoms with Crippen LogP contribution in [0.2, 0.25) is 5.02 Å². The highest BCUT2D eigenvalue weighted by Gasteiger charge is 2.27. The van der Waals surface area contributed by atoms with Gasteiger partial charge in [0.05, 0.1) is 18.2 Å². The average molecular weight is 379 g/mol. The topological polar surface area (TPSA) is 81.4 Å². The molecular formula is C18H19ClN2O3S. The van der Waals surface area contributed by atoms with Crippen LogP contribution >= 0.6 is 22.9 Å². The third-order valence-corrected chi connectivity index (χ3v) is 5.80. The number of thiophene rings is 1.